The van der Waals surface area contributed by atoms with Crippen molar-refractivity contribution in [2.24, 2.45) is 0 Å². The maximum absolute atomic E-state index is 14.3. The van der Waals surface area contributed by atoms with Crippen molar-refractivity contribution in [2.45, 2.75) is 18.4 Å². The number of nitrogens with one attached hydrogen (secondary N) is 2. The van der Waals surface area contributed by atoms with Crippen LogP contribution in [-0.2, 0) is 16.6 Å². The molecule has 8 heteroatoms. The molecule has 0 unspecified atom stereocenters. The van der Waals surface area contributed by atoms with Crippen LogP contribution in [0.25, 0.3) is 10.9 Å². The van der Waals surface area contributed by atoms with Crippen LogP contribution in [0.2, 0.25) is 0 Å². The second-order valence-electron chi connectivity index (χ2n) is 7.26. The third-order valence-electron chi connectivity index (χ3n) is 5.00. The first kappa shape index (κ1) is 21.0. The maximum Gasteiger partial charge on any atom is 0.271 e. The Labute approximate surface area is 179 Å². The Hall–Kier alpha value is -3.23. The lowest BCUT2D eigenvalue weighted by atomic mass is 10.1. The zero-order valence-corrected chi connectivity index (χ0v) is 17.8. The van der Waals surface area contributed by atoms with Crippen LogP contribution in [0.3, 0.4) is 0 Å². The van der Waals surface area contributed by atoms with Crippen LogP contribution in [-0.4, -0.2) is 19.4 Å². The molecule has 5 nitrogen and oxygen atoms in total. The SMILES string of the molecule is CNCc1cn(S(=O)(=O)c2ccccc2F)c2cc(Nc3ccc(C)cc3F)ccc12. The van der Waals surface area contributed by atoms with Crippen LogP contribution in [0.1, 0.15) is 11.1 Å². The van der Waals surface area contributed by atoms with Crippen molar-refractivity contribution in [3.63, 3.8) is 0 Å². The van der Waals surface area contributed by atoms with E-state index in [-0.39, 0.29) is 5.69 Å². The number of aryl methyl sites for hydroxylation is 1. The lowest BCUT2D eigenvalue weighted by Gasteiger charge is -2.11. The van der Waals surface area contributed by atoms with Gasteiger partial charge in [0.05, 0.1) is 11.2 Å². The molecule has 0 aliphatic rings. The van der Waals surface area contributed by atoms with Crippen molar-refractivity contribution in [1.82, 2.24) is 9.29 Å². The lowest BCUT2D eigenvalue weighted by Crippen LogP contribution is -2.14. The van der Waals surface area contributed by atoms with E-state index >= 15 is 0 Å². The summed E-state index contributed by atoms with van der Waals surface area (Å²) < 4.78 is 56.2. The molecule has 0 aliphatic heterocycles. The third-order valence-corrected chi connectivity index (χ3v) is 6.71. The van der Waals surface area contributed by atoms with E-state index in [1.54, 1.807) is 44.3 Å². The number of halogens is 2. The minimum absolute atomic E-state index is 0.274. The molecule has 2 N–H and O–H groups in total. The summed E-state index contributed by atoms with van der Waals surface area (Å²) in [5.74, 6) is -1.24. The molecule has 1 heterocycles. The predicted octanol–water partition coefficient (Wildman–Crippen LogP) is 4.93. The maximum atomic E-state index is 14.3. The van der Waals surface area contributed by atoms with Gasteiger partial charge in [0.2, 0.25) is 0 Å². The molecular weight excluding hydrogens is 420 g/mol. The van der Waals surface area contributed by atoms with Gasteiger partial charge in [-0.15, -0.1) is 0 Å². The molecule has 3 aromatic carbocycles. The highest BCUT2D eigenvalue weighted by Crippen LogP contribution is 2.31. The fraction of sp³-hybridized carbons (Fsp3) is 0.130. The van der Waals surface area contributed by atoms with Crippen molar-refractivity contribution in [2.75, 3.05) is 12.4 Å². The molecule has 0 fully saturated rings. The average molecular weight is 442 g/mol. The standard InChI is InChI=1S/C23H21F2N3O2S/c1-15-7-10-21(20(25)11-15)27-17-8-9-18-16(13-26-2)14-28(22(18)12-17)31(29,30)23-6-4-3-5-19(23)24/h3-12,14,26-27H,13H2,1-2H3. The molecule has 0 bridgehead atoms. The van der Waals surface area contributed by atoms with E-state index in [2.05, 4.69) is 10.6 Å². The van der Waals surface area contributed by atoms with Gasteiger partial charge in [0, 0.05) is 23.8 Å². The molecule has 4 rings (SSSR count). The van der Waals surface area contributed by atoms with Crippen LogP contribution in [0.4, 0.5) is 20.2 Å². The van der Waals surface area contributed by atoms with Crippen molar-refractivity contribution in [3.8, 4) is 0 Å². The van der Waals surface area contributed by atoms with Crippen molar-refractivity contribution in [1.29, 1.82) is 0 Å². The van der Waals surface area contributed by atoms with Gasteiger partial charge in [-0.1, -0.05) is 24.3 Å². The Balaban J connectivity index is 1.87. The summed E-state index contributed by atoms with van der Waals surface area (Å²) >= 11 is 0. The van der Waals surface area contributed by atoms with E-state index in [1.807, 2.05) is 0 Å². The summed E-state index contributed by atoms with van der Waals surface area (Å²) in [6, 6.07) is 15.2. The molecule has 0 atom stereocenters. The number of aromatic nitrogens is 1. The first-order valence-corrected chi connectivity index (χ1v) is 11.1. The highest BCUT2D eigenvalue weighted by molar-refractivity contribution is 7.90. The Kier molecular flexibility index (Phi) is 5.51. The van der Waals surface area contributed by atoms with E-state index in [0.717, 1.165) is 21.2 Å². The number of hydrogen-bond acceptors (Lipinski definition) is 4. The second kappa shape index (κ2) is 8.13. The molecule has 31 heavy (non-hydrogen) atoms. The largest absolute Gasteiger partial charge is 0.353 e. The van der Waals surface area contributed by atoms with Crippen LogP contribution in [0.15, 0.2) is 71.8 Å². The fourth-order valence-electron chi connectivity index (χ4n) is 3.51. The van der Waals surface area contributed by atoms with Crippen LogP contribution < -0.4 is 10.6 Å². The summed E-state index contributed by atoms with van der Waals surface area (Å²) in [5.41, 5.74) is 2.68. The van der Waals surface area contributed by atoms with Crippen molar-refractivity contribution in [3.05, 3.63) is 89.6 Å². The van der Waals surface area contributed by atoms with E-state index in [0.29, 0.717) is 23.1 Å². The lowest BCUT2D eigenvalue weighted by molar-refractivity contribution is 0.562. The number of anilines is 2. The molecule has 4 aromatic rings. The van der Waals surface area contributed by atoms with E-state index < -0.39 is 26.6 Å². The molecule has 0 spiro atoms. The molecule has 0 aliphatic carbocycles. The Morgan fingerprint density at radius 1 is 0.968 bits per heavy atom. The minimum atomic E-state index is -4.19. The van der Waals surface area contributed by atoms with Gasteiger partial charge in [0.25, 0.3) is 10.0 Å². The van der Waals surface area contributed by atoms with Gasteiger partial charge in [-0.3, -0.25) is 0 Å². The zero-order chi connectivity index (χ0) is 22.2. The van der Waals surface area contributed by atoms with Crippen molar-refractivity contribution < 1.29 is 17.2 Å². The number of rotatable bonds is 6. The first-order valence-electron chi connectivity index (χ1n) is 9.63. The summed E-state index contributed by atoms with van der Waals surface area (Å²) in [5, 5.41) is 6.70. The number of fused-ring (bicyclic) bond motifs is 1. The molecule has 0 radical (unpaired) electrons. The Morgan fingerprint density at radius 3 is 2.45 bits per heavy atom. The normalized spacial score (nSPS) is 11.7. The monoisotopic (exact) mass is 441 g/mol. The van der Waals surface area contributed by atoms with Gasteiger partial charge in [-0.25, -0.2) is 21.2 Å². The molecule has 0 saturated carbocycles. The van der Waals surface area contributed by atoms with Gasteiger partial charge < -0.3 is 10.6 Å². The van der Waals surface area contributed by atoms with E-state index in [4.69, 9.17) is 0 Å². The summed E-state index contributed by atoms with van der Waals surface area (Å²) in [6.07, 6.45) is 1.49. The van der Waals surface area contributed by atoms with E-state index in [9.17, 15) is 17.2 Å². The average Bonchev–Trinajstić information content (AvgIpc) is 3.09. The molecule has 0 amide bonds. The zero-order valence-electron chi connectivity index (χ0n) is 17.0. The number of hydrogen-bond donors (Lipinski definition) is 2. The summed E-state index contributed by atoms with van der Waals surface area (Å²) in [4.78, 5) is -0.411. The van der Waals surface area contributed by atoms with Gasteiger partial charge in [-0.2, -0.15) is 0 Å². The second-order valence-corrected chi connectivity index (χ2v) is 9.04. The van der Waals surface area contributed by atoms with Gasteiger partial charge in [0.15, 0.2) is 0 Å². The minimum Gasteiger partial charge on any atom is -0.353 e. The van der Waals surface area contributed by atoms with Gasteiger partial charge in [0.1, 0.15) is 16.5 Å². The molecular formula is C23H21F2N3O2S. The first-order chi connectivity index (χ1) is 14.8. The molecule has 160 valence electrons. The van der Waals surface area contributed by atoms with Crippen molar-refractivity contribution >= 4 is 32.3 Å². The van der Waals surface area contributed by atoms with E-state index in [1.165, 1.54) is 30.5 Å². The smallest absolute Gasteiger partial charge is 0.271 e. The quantitative estimate of drug-likeness (QED) is 0.446. The number of nitrogens with zero attached hydrogens (tertiary/aromatic N) is 1. The predicted molar refractivity (Wildman–Crippen MR) is 118 cm³/mol. The highest BCUT2D eigenvalue weighted by atomic mass is 32.2. The fourth-order valence-corrected chi connectivity index (χ4v) is 4.96. The Bertz CT molecular complexity index is 1380. The van der Waals surface area contributed by atoms with Gasteiger partial charge >= 0.3 is 0 Å². The highest BCUT2D eigenvalue weighted by Gasteiger charge is 2.24. The summed E-state index contributed by atoms with van der Waals surface area (Å²) in [6.45, 7) is 2.22. The number of benzene rings is 3. The molecule has 1 aromatic heterocycles. The van der Waals surface area contributed by atoms with Crippen LogP contribution >= 0.6 is 0 Å². The summed E-state index contributed by atoms with van der Waals surface area (Å²) in [7, 11) is -2.43. The topological polar surface area (TPSA) is 63.1 Å². The van der Waals surface area contributed by atoms with Gasteiger partial charge in [-0.05, 0) is 61.5 Å². The molecule has 0 saturated heterocycles. The van der Waals surface area contributed by atoms with Crippen LogP contribution in [0, 0.1) is 18.6 Å². The third kappa shape index (κ3) is 3.92. The van der Waals surface area contributed by atoms with Crippen LogP contribution in [0.5, 0.6) is 0 Å². The Morgan fingerprint density at radius 2 is 1.74 bits per heavy atom.